The summed E-state index contributed by atoms with van der Waals surface area (Å²) in [5.41, 5.74) is 3.22. The van der Waals surface area contributed by atoms with Crippen molar-refractivity contribution in [3.63, 3.8) is 0 Å². The lowest BCUT2D eigenvalue weighted by Gasteiger charge is -2.07. The van der Waals surface area contributed by atoms with E-state index >= 15 is 0 Å². The Kier molecular flexibility index (Phi) is 4.07. The second-order valence-electron chi connectivity index (χ2n) is 5.81. The van der Waals surface area contributed by atoms with Crippen LogP contribution in [-0.4, -0.2) is 20.8 Å². The van der Waals surface area contributed by atoms with Crippen molar-refractivity contribution in [1.82, 2.24) is 14.9 Å². The van der Waals surface area contributed by atoms with Gasteiger partial charge in [-0.1, -0.05) is 53.7 Å². The van der Waals surface area contributed by atoms with E-state index in [2.05, 4.69) is 15.6 Å². The molecule has 1 amide bonds. The van der Waals surface area contributed by atoms with E-state index in [0.29, 0.717) is 11.5 Å². The summed E-state index contributed by atoms with van der Waals surface area (Å²) in [6, 6.07) is 22.9. The van der Waals surface area contributed by atoms with Crippen molar-refractivity contribution >= 4 is 11.7 Å². The van der Waals surface area contributed by atoms with Gasteiger partial charge in [0.2, 0.25) is 5.76 Å². The average Bonchev–Trinajstić information content (AvgIpc) is 3.30. The van der Waals surface area contributed by atoms with Gasteiger partial charge in [0.05, 0.1) is 17.1 Å². The van der Waals surface area contributed by atoms with E-state index in [4.69, 9.17) is 4.52 Å². The first-order valence-corrected chi connectivity index (χ1v) is 8.16. The highest BCUT2D eigenvalue weighted by molar-refractivity contribution is 6.02. The molecule has 4 rings (SSSR count). The summed E-state index contributed by atoms with van der Waals surface area (Å²) in [5, 5.41) is 11.3. The molecule has 26 heavy (non-hydrogen) atoms. The minimum atomic E-state index is -0.373. The number of anilines is 1. The number of carbonyl (C=O) groups excluding carboxylic acids is 1. The van der Waals surface area contributed by atoms with Crippen LogP contribution in [-0.2, 0) is 0 Å². The van der Waals surface area contributed by atoms with Crippen LogP contribution in [0, 0.1) is 6.92 Å². The quantitative estimate of drug-likeness (QED) is 0.605. The second-order valence-corrected chi connectivity index (χ2v) is 5.81. The third kappa shape index (κ3) is 3.12. The number of nitrogens with one attached hydrogen (secondary N) is 1. The number of aryl methyl sites for hydroxylation is 1. The van der Waals surface area contributed by atoms with Crippen LogP contribution in [0.15, 0.2) is 77.3 Å². The van der Waals surface area contributed by atoms with Gasteiger partial charge in [-0.25, -0.2) is 4.68 Å². The van der Waals surface area contributed by atoms with Crippen LogP contribution in [0.2, 0.25) is 0 Å². The SMILES string of the molecule is Cc1cc(C(=O)Nc2cc(-c3ccccc3)nn2-c2ccccc2)on1. The van der Waals surface area contributed by atoms with Gasteiger partial charge >= 0.3 is 0 Å². The Morgan fingerprint density at radius 2 is 1.69 bits per heavy atom. The molecule has 0 spiro atoms. The van der Waals surface area contributed by atoms with Crippen LogP contribution >= 0.6 is 0 Å². The van der Waals surface area contributed by atoms with E-state index in [1.54, 1.807) is 17.7 Å². The Hall–Kier alpha value is -3.67. The molecule has 4 aromatic rings. The molecule has 1 N–H and O–H groups in total. The minimum Gasteiger partial charge on any atom is -0.351 e. The highest BCUT2D eigenvalue weighted by Crippen LogP contribution is 2.25. The molecular weight excluding hydrogens is 328 g/mol. The van der Waals surface area contributed by atoms with E-state index in [-0.39, 0.29) is 11.7 Å². The van der Waals surface area contributed by atoms with E-state index in [1.807, 2.05) is 66.7 Å². The molecule has 0 aliphatic heterocycles. The standard InChI is InChI=1S/C20H16N4O2/c1-14-12-18(26-23-14)20(25)21-19-13-17(15-8-4-2-5-9-15)22-24(19)16-10-6-3-7-11-16/h2-13H,1H3,(H,21,25). The van der Waals surface area contributed by atoms with Crippen LogP contribution in [0.4, 0.5) is 5.82 Å². The third-order valence-corrected chi connectivity index (χ3v) is 3.87. The van der Waals surface area contributed by atoms with Gasteiger partial charge < -0.3 is 9.84 Å². The summed E-state index contributed by atoms with van der Waals surface area (Å²) >= 11 is 0. The maximum Gasteiger partial charge on any atom is 0.295 e. The van der Waals surface area contributed by atoms with Gasteiger partial charge in [0, 0.05) is 17.7 Å². The molecule has 2 aromatic carbocycles. The summed E-state index contributed by atoms with van der Waals surface area (Å²) in [4.78, 5) is 12.5. The molecule has 128 valence electrons. The first-order chi connectivity index (χ1) is 12.7. The van der Waals surface area contributed by atoms with Gasteiger partial charge in [0.1, 0.15) is 5.82 Å². The van der Waals surface area contributed by atoms with Crippen molar-refractivity contribution in [3.8, 4) is 16.9 Å². The topological polar surface area (TPSA) is 73.0 Å². The molecule has 6 nitrogen and oxygen atoms in total. The van der Waals surface area contributed by atoms with Crippen molar-refractivity contribution in [3.05, 3.63) is 84.3 Å². The van der Waals surface area contributed by atoms with E-state index in [0.717, 1.165) is 16.9 Å². The maximum atomic E-state index is 12.5. The zero-order chi connectivity index (χ0) is 17.9. The number of aromatic nitrogens is 3. The number of nitrogens with zero attached hydrogens (tertiary/aromatic N) is 3. The van der Waals surface area contributed by atoms with Crippen LogP contribution in [0.1, 0.15) is 16.2 Å². The largest absolute Gasteiger partial charge is 0.351 e. The smallest absolute Gasteiger partial charge is 0.295 e. The molecule has 2 aromatic heterocycles. The first-order valence-electron chi connectivity index (χ1n) is 8.16. The fraction of sp³-hybridized carbons (Fsp3) is 0.0500. The normalized spacial score (nSPS) is 10.7. The molecule has 0 saturated carbocycles. The van der Waals surface area contributed by atoms with Crippen LogP contribution < -0.4 is 5.32 Å². The van der Waals surface area contributed by atoms with E-state index in [9.17, 15) is 4.79 Å². The van der Waals surface area contributed by atoms with Gasteiger partial charge in [0.15, 0.2) is 0 Å². The Morgan fingerprint density at radius 1 is 1.00 bits per heavy atom. The molecule has 0 aliphatic carbocycles. The molecular formula is C20H16N4O2. The van der Waals surface area contributed by atoms with Crippen molar-refractivity contribution < 1.29 is 9.32 Å². The average molecular weight is 344 g/mol. The number of para-hydroxylation sites is 1. The molecule has 0 fully saturated rings. The lowest BCUT2D eigenvalue weighted by Crippen LogP contribution is -2.14. The minimum absolute atomic E-state index is 0.157. The fourth-order valence-corrected chi connectivity index (χ4v) is 2.63. The lowest BCUT2D eigenvalue weighted by molar-refractivity contribution is 0.0987. The summed E-state index contributed by atoms with van der Waals surface area (Å²) in [6.45, 7) is 1.77. The molecule has 0 bridgehead atoms. The highest BCUT2D eigenvalue weighted by Gasteiger charge is 2.17. The number of amides is 1. The van der Waals surface area contributed by atoms with Gasteiger partial charge in [0.25, 0.3) is 5.91 Å². The van der Waals surface area contributed by atoms with Crippen molar-refractivity contribution in [2.75, 3.05) is 5.32 Å². The number of hydrogen-bond acceptors (Lipinski definition) is 4. The molecule has 0 aliphatic rings. The predicted molar refractivity (Wildman–Crippen MR) is 98.2 cm³/mol. The number of rotatable bonds is 4. The molecule has 0 saturated heterocycles. The Bertz CT molecular complexity index is 1040. The molecule has 0 atom stereocenters. The first kappa shape index (κ1) is 15.8. The highest BCUT2D eigenvalue weighted by atomic mass is 16.5. The van der Waals surface area contributed by atoms with Gasteiger partial charge in [-0.2, -0.15) is 5.10 Å². The molecule has 0 unspecified atom stereocenters. The van der Waals surface area contributed by atoms with Gasteiger partial charge in [-0.15, -0.1) is 0 Å². The molecule has 0 radical (unpaired) electrons. The summed E-state index contributed by atoms with van der Waals surface area (Å²) in [7, 11) is 0. The van der Waals surface area contributed by atoms with Crippen LogP contribution in [0.25, 0.3) is 16.9 Å². The van der Waals surface area contributed by atoms with Crippen molar-refractivity contribution in [1.29, 1.82) is 0 Å². The predicted octanol–water partition coefficient (Wildman–Crippen LogP) is 4.09. The fourth-order valence-electron chi connectivity index (χ4n) is 2.63. The monoisotopic (exact) mass is 344 g/mol. The lowest BCUT2D eigenvalue weighted by atomic mass is 10.1. The Labute approximate surface area is 150 Å². The zero-order valence-corrected chi connectivity index (χ0v) is 14.1. The van der Waals surface area contributed by atoms with Crippen LogP contribution in [0.5, 0.6) is 0 Å². The van der Waals surface area contributed by atoms with Crippen molar-refractivity contribution in [2.45, 2.75) is 6.92 Å². The van der Waals surface area contributed by atoms with Crippen molar-refractivity contribution in [2.24, 2.45) is 0 Å². The van der Waals surface area contributed by atoms with Crippen LogP contribution in [0.3, 0.4) is 0 Å². The Morgan fingerprint density at radius 3 is 2.35 bits per heavy atom. The number of hydrogen-bond donors (Lipinski definition) is 1. The van der Waals surface area contributed by atoms with Gasteiger partial charge in [-0.05, 0) is 19.1 Å². The summed E-state index contributed by atoms with van der Waals surface area (Å²) in [6.07, 6.45) is 0. The third-order valence-electron chi connectivity index (χ3n) is 3.87. The van der Waals surface area contributed by atoms with E-state index < -0.39 is 0 Å². The Balaban J connectivity index is 1.74. The maximum absolute atomic E-state index is 12.5. The summed E-state index contributed by atoms with van der Waals surface area (Å²) < 4.78 is 6.74. The number of benzene rings is 2. The second kappa shape index (κ2) is 6.68. The van der Waals surface area contributed by atoms with Gasteiger partial charge in [-0.3, -0.25) is 4.79 Å². The molecule has 2 heterocycles. The number of carbonyl (C=O) groups is 1. The zero-order valence-electron chi connectivity index (χ0n) is 14.1. The van der Waals surface area contributed by atoms with E-state index in [1.165, 1.54) is 0 Å². The summed E-state index contributed by atoms with van der Waals surface area (Å²) in [5.74, 6) is 0.334. The molecule has 6 heteroatoms.